The molecule has 0 saturated heterocycles. The van der Waals surface area contributed by atoms with E-state index in [1.165, 1.54) is 18.2 Å². The Morgan fingerprint density at radius 2 is 1.12 bits per heavy atom. The topological polar surface area (TPSA) is 161 Å². The summed E-state index contributed by atoms with van der Waals surface area (Å²) in [5.41, 5.74) is -3.27. The van der Waals surface area contributed by atoms with Crippen LogP contribution in [-0.2, 0) is 32.7 Å². The molecule has 0 aliphatic heterocycles. The van der Waals surface area contributed by atoms with Crippen molar-refractivity contribution in [3.8, 4) is 0 Å². The molecule has 0 heterocycles. The standard InChI is InChI=1S/C43H88O11S2Si2/c1-8-14-16-18-20-24-37(48)50-36-41(12-5,42(53-57-7,26-22-28-55)51-34-39(10-3,30-44)31-45)43(54-58-13-6,52-35-40(11-4,32-46)33-47)27-23-29-56-38(49)25-21-19-17-15-9-2/h44-47,55H,8-36,57-58H2,1-7H3. The van der Waals surface area contributed by atoms with Crippen LogP contribution in [0.3, 0.4) is 0 Å². The van der Waals surface area contributed by atoms with Crippen molar-refractivity contribution in [3.05, 3.63) is 0 Å². The van der Waals surface area contributed by atoms with Crippen molar-refractivity contribution in [2.45, 2.75) is 188 Å². The first kappa shape index (κ1) is 58.0. The fourth-order valence-corrected chi connectivity index (χ4v) is 10.4. The van der Waals surface area contributed by atoms with Crippen molar-refractivity contribution in [2.75, 3.05) is 57.8 Å². The second kappa shape index (κ2) is 33.5. The first-order chi connectivity index (χ1) is 27.9. The molecule has 0 fully saturated rings. The number of hydrogen-bond acceptors (Lipinski definition) is 13. The molecule has 3 unspecified atom stereocenters. The van der Waals surface area contributed by atoms with Crippen LogP contribution < -0.4 is 0 Å². The van der Waals surface area contributed by atoms with Crippen LogP contribution in [0.15, 0.2) is 0 Å². The summed E-state index contributed by atoms with van der Waals surface area (Å²) < 4.78 is 34.8. The lowest BCUT2D eigenvalue weighted by molar-refractivity contribution is -0.382. The van der Waals surface area contributed by atoms with Crippen LogP contribution in [0.1, 0.15) is 164 Å². The highest BCUT2D eigenvalue weighted by Gasteiger charge is 2.66. The average Bonchev–Trinajstić information content (AvgIpc) is 3.24. The Morgan fingerprint density at radius 1 is 0.621 bits per heavy atom. The lowest BCUT2D eigenvalue weighted by atomic mass is 9.66. The quantitative estimate of drug-likeness (QED) is 0.0138. The number of aliphatic hydroxyl groups excluding tert-OH is 4. The molecule has 0 bridgehead atoms. The van der Waals surface area contributed by atoms with E-state index in [0.29, 0.717) is 69.3 Å². The van der Waals surface area contributed by atoms with E-state index >= 15 is 0 Å². The second-order valence-corrected chi connectivity index (χ2v) is 20.4. The fourth-order valence-electron chi connectivity index (χ4n) is 7.42. The Bertz CT molecular complexity index is 1020. The van der Waals surface area contributed by atoms with Gasteiger partial charge in [-0.25, -0.2) is 0 Å². The van der Waals surface area contributed by atoms with E-state index in [0.717, 1.165) is 57.4 Å². The van der Waals surface area contributed by atoms with Crippen LogP contribution in [0.4, 0.5) is 0 Å². The summed E-state index contributed by atoms with van der Waals surface area (Å²) in [6.45, 7) is 12.7. The lowest BCUT2D eigenvalue weighted by Gasteiger charge is -2.59. The third-order valence-electron chi connectivity index (χ3n) is 12.1. The number of thiol groups is 1. The first-order valence-corrected chi connectivity index (χ1v) is 28.0. The van der Waals surface area contributed by atoms with Crippen LogP contribution in [0, 0.1) is 16.2 Å². The van der Waals surface area contributed by atoms with Crippen LogP contribution in [0.5, 0.6) is 0 Å². The minimum Gasteiger partial charge on any atom is -0.465 e. The van der Waals surface area contributed by atoms with Crippen LogP contribution in [0.25, 0.3) is 0 Å². The van der Waals surface area contributed by atoms with E-state index in [-0.39, 0.29) is 63.8 Å². The zero-order chi connectivity index (χ0) is 43.8. The molecule has 0 aromatic heterocycles. The van der Waals surface area contributed by atoms with E-state index in [4.69, 9.17) is 23.1 Å². The average molecular weight is 901 g/mol. The van der Waals surface area contributed by atoms with Crippen molar-refractivity contribution in [2.24, 2.45) is 16.2 Å². The minimum absolute atomic E-state index is 0.0410. The maximum atomic E-state index is 13.7. The van der Waals surface area contributed by atoms with Gasteiger partial charge in [0.05, 0.1) is 39.6 Å². The molecule has 0 aliphatic carbocycles. The second-order valence-electron chi connectivity index (χ2n) is 16.3. The number of aliphatic hydroxyl groups is 4. The maximum absolute atomic E-state index is 13.7. The smallest absolute Gasteiger partial charge is 0.305 e. The summed E-state index contributed by atoms with van der Waals surface area (Å²) in [7, 11) is -2.56. The van der Waals surface area contributed by atoms with Crippen LogP contribution in [-0.4, -0.2) is 120 Å². The number of thioether (sulfide) groups is 1. The Morgan fingerprint density at radius 3 is 1.57 bits per heavy atom. The van der Waals surface area contributed by atoms with Gasteiger partial charge in [0.15, 0.2) is 36.2 Å². The summed E-state index contributed by atoms with van der Waals surface area (Å²) in [6.07, 6.45) is 14.0. The molecule has 0 aliphatic rings. The van der Waals surface area contributed by atoms with Gasteiger partial charge in [-0.05, 0) is 56.7 Å². The van der Waals surface area contributed by atoms with E-state index in [9.17, 15) is 30.0 Å². The van der Waals surface area contributed by atoms with E-state index in [1.54, 1.807) is 0 Å². The molecule has 0 amide bonds. The number of rotatable bonds is 41. The van der Waals surface area contributed by atoms with E-state index in [1.807, 2.05) is 27.3 Å². The molecule has 15 heteroatoms. The summed E-state index contributed by atoms with van der Waals surface area (Å²) in [4.78, 5) is 26.8. The van der Waals surface area contributed by atoms with Crippen molar-refractivity contribution in [1.82, 2.24) is 0 Å². The summed E-state index contributed by atoms with van der Waals surface area (Å²) in [5.74, 6) is -2.29. The molecule has 346 valence electrons. The van der Waals surface area contributed by atoms with Gasteiger partial charge in [0.2, 0.25) is 0 Å². The molecule has 0 saturated carbocycles. The van der Waals surface area contributed by atoms with Gasteiger partial charge in [-0.1, -0.05) is 111 Å². The Balaban J connectivity index is 7.72. The largest absolute Gasteiger partial charge is 0.465 e. The molecule has 0 radical (unpaired) electrons. The fraction of sp³-hybridized carbons (Fsp3) is 0.953. The normalized spacial score (nSPS) is 15.9. The van der Waals surface area contributed by atoms with Crippen molar-refractivity contribution >= 4 is 55.0 Å². The number of hydrogen-bond donors (Lipinski definition) is 5. The molecule has 0 rings (SSSR count). The summed E-state index contributed by atoms with van der Waals surface area (Å²) in [6, 6.07) is 0.772. The van der Waals surface area contributed by atoms with Crippen molar-refractivity contribution in [3.63, 3.8) is 0 Å². The molecule has 0 aromatic carbocycles. The molecule has 58 heavy (non-hydrogen) atoms. The first-order valence-electron chi connectivity index (χ1n) is 22.8. The Labute approximate surface area is 368 Å². The Hall–Kier alpha value is -0.0462. The zero-order valence-electron chi connectivity index (χ0n) is 37.9. The zero-order valence-corrected chi connectivity index (χ0v) is 42.5. The van der Waals surface area contributed by atoms with Crippen molar-refractivity contribution in [1.29, 1.82) is 0 Å². The summed E-state index contributed by atoms with van der Waals surface area (Å²) in [5, 5.41) is 42.6. The SMILES string of the molecule is CCCCCCCC(=O)OCC(CC)(C(CCCS)(OCC(CC)(CO)CO)O[SiH2]C)C(CCCSC(=O)CCCCCCC)(OCC(CC)(CO)CO)O[SiH2]CC. The summed E-state index contributed by atoms with van der Waals surface area (Å²) >= 11 is 5.94. The maximum Gasteiger partial charge on any atom is 0.305 e. The van der Waals surface area contributed by atoms with E-state index < -0.39 is 47.3 Å². The molecule has 0 spiro atoms. The minimum atomic E-state index is -1.51. The van der Waals surface area contributed by atoms with Gasteiger partial charge in [-0.3, -0.25) is 9.59 Å². The van der Waals surface area contributed by atoms with Crippen LogP contribution in [0.2, 0.25) is 12.6 Å². The number of unbranched alkanes of at least 4 members (excludes halogenated alkanes) is 8. The number of carbonyl (C=O) groups is 2. The van der Waals surface area contributed by atoms with Gasteiger partial charge in [0.1, 0.15) is 12.0 Å². The predicted octanol–water partition coefficient (Wildman–Crippen LogP) is 7.27. The highest BCUT2D eigenvalue weighted by atomic mass is 32.2. The number of carbonyl (C=O) groups excluding carboxylic acids is 2. The third-order valence-corrected chi connectivity index (χ3v) is 15.2. The van der Waals surface area contributed by atoms with Gasteiger partial charge >= 0.3 is 5.97 Å². The monoisotopic (exact) mass is 901 g/mol. The predicted molar refractivity (Wildman–Crippen MR) is 247 cm³/mol. The number of ether oxygens (including phenoxy) is 3. The van der Waals surface area contributed by atoms with E-state index in [2.05, 4.69) is 33.4 Å². The molecule has 3 atom stereocenters. The lowest BCUT2D eigenvalue weighted by Crippen LogP contribution is -2.69. The van der Waals surface area contributed by atoms with Crippen LogP contribution >= 0.6 is 24.4 Å². The number of esters is 1. The molecular formula is C43H88O11S2Si2. The molecular weight excluding hydrogens is 813 g/mol. The van der Waals surface area contributed by atoms with Gasteiger partial charge in [0.25, 0.3) is 0 Å². The van der Waals surface area contributed by atoms with Crippen molar-refractivity contribution < 1.29 is 53.1 Å². The van der Waals surface area contributed by atoms with Gasteiger partial charge in [0, 0.05) is 42.3 Å². The van der Waals surface area contributed by atoms with Gasteiger partial charge < -0.3 is 43.5 Å². The molecule has 11 nitrogen and oxygen atoms in total. The Kier molecular flexibility index (Phi) is 33.5. The molecule has 4 N–H and O–H groups in total. The highest BCUT2D eigenvalue weighted by molar-refractivity contribution is 8.13. The highest BCUT2D eigenvalue weighted by Crippen LogP contribution is 2.55. The van der Waals surface area contributed by atoms with Gasteiger partial charge in [-0.15, -0.1) is 0 Å². The molecule has 0 aromatic rings. The third kappa shape index (κ3) is 18.7. The van der Waals surface area contributed by atoms with Gasteiger partial charge in [-0.2, -0.15) is 12.6 Å².